The summed E-state index contributed by atoms with van der Waals surface area (Å²) in [6, 6.07) is 0. The van der Waals surface area contributed by atoms with Gasteiger partial charge in [0.25, 0.3) is 6.43 Å². The van der Waals surface area contributed by atoms with Crippen molar-refractivity contribution in [1.82, 2.24) is 15.2 Å². The van der Waals surface area contributed by atoms with Gasteiger partial charge in [-0.15, -0.1) is 10.2 Å². The Balaban J connectivity index is 2.20. The van der Waals surface area contributed by atoms with Crippen molar-refractivity contribution in [1.29, 1.82) is 0 Å². The van der Waals surface area contributed by atoms with Crippen LogP contribution in [0.4, 0.5) is 8.78 Å². The highest BCUT2D eigenvalue weighted by Crippen LogP contribution is 2.14. The van der Waals surface area contributed by atoms with E-state index in [1.165, 1.54) is 19.3 Å². The van der Waals surface area contributed by atoms with Gasteiger partial charge in [0.1, 0.15) is 5.82 Å². The zero-order valence-corrected chi connectivity index (χ0v) is 8.97. The summed E-state index contributed by atoms with van der Waals surface area (Å²) < 4.78 is 24.3. The number of nitrogens with one attached hydrogen (secondary N) is 1. The van der Waals surface area contributed by atoms with E-state index in [4.69, 9.17) is 0 Å². The van der Waals surface area contributed by atoms with Gasteiger partial charge >= 0.3 is 0 Å². The first-order valence-electron chi connectivity index (χ1n) is 5.43. The van der Waals surface area contributed by atoms with Crippen LogP contribution in [-0.2, 0) is 6.42 Å². The summed E-state index contributed by atoms with van der Waals surface area (Å²) in [5.41, 5.74) is 0. The van der Waals surface area contributed by atoms with E-state index in [-0.39, 0.29) is 5.82 Å². The molecule has 0 saturated heterocycles. The second-order valence-electron chi connectivity index (χ2n) is 3.62. The first-order valence-corrected chi connectivity index (χ1v) is 5.43. The molecule has 0 radical (unpaired) electrons. The molecule has 0 aliphatic carbocycles. The molecule has 3 nitrogen and oxygen atoms in total. The van der Waals surface area contributed by atoms with Crippen LogP contribution in [0.1, 0.15) is 57.1 Å². The molecule has 0 bridgehead atoms. The van der Waals surface area contributed by atoms with Crippen LogP contribution >= 0.6 is 0 Å². The predicted molar refractivity (Wildman–Crippen MR) is 53.8 cm³/mol. The molecule has 1 rings (SSSR count). The van der Waals surface area contributed by atoms with Crippen LogP contribution in [0, 0.1) is 0 Å². The lowest BCUT2D eigenvalue weighted by atomic mass is 10.1. The van der Waals surface area contributed by atoms with E-state index in [1.54, 1.807) is 0 Å². The van der Waals surface area contributed by atoms with Gasteiger partial charge in [0.05, 0.1) is 0 Å². The number of H-pyrrole nitrogens is 1. The summed E-state index contributed by atoms with van der Waals surface area (Å²) in [7, 11) is 0. The molecule has 0 spiro atoms. The Bertz CT molecular complexity index is 273. The first kappa shape index (κ1) is 12.1. The van der Waals surface area contributed by atoms with Crippen molar-refractivity contribution >= 4 is 0 Å². The molecule has 1 aromatic heterocycles. The number of nitrogens with zero attached hydrogens (tertiary/aromatic N) is 2. The maximum Gasteiger partial charge on any atom is 0.297 e. The Morgan fingerprint density at radius 3 is 2.47 bits per heavy atom. The van der Waals surface area contributed by atoms with Crippen LogP contribution in [0.5, 0.6) is 0 Å². The summed E-state index contributed by atoms with van der Waals surface area (Å²) in [5.74, 6) is 0.250. The van der Waals surface area contributed by atoms with Crippen molar-refractivity contribution in [3.05, 3.63) is 11.6 Å². The lowest BCUT2D eigenvalue weighted by Crippen LogP contribution is -1.90. The van der Waals surface area contributed by atoms with Crippen molar-refractivity contribution in [2.45, 2.75) is 51.9 Å². The zero-order valence-electron chi connectivity index (χ0n) is 8.97. The van der Waals surface area contributed by atoms with E-state index < -0.39 is 6.43 Å². The summed E-state index contributed by atoms with van der Waals surface area (Å²) >= 11 is 0. The highest BCUT2D eigenvalue weighted by Gasteiger charge is 2.12. The summed E-state index contributed by atoms with van der Waals surface area (Å²) in [4.78, 5) is 2.53. The lowest BCUT2D eigenvalue weighted by Gasteiger charge is -1.97. The fourth-order valence-electron chi connectivity index (χ4n) is 1.42. The number of unbranched alkanes of at least 4 members (excludes halogenated alkanes) is 4. The van der Waals surface area contributed by atoms with Crippen LogP contribution in [-0.4, -0.2) is 15.2 Å². The first-order chi connectivity index (χ1) is 7.24. The number of hydrogen-bond donors (Lipinski definition) is 1. The van der Waals surface area contributed by atoms with Gasteiger partial charge in [0, 0.05) is 6.42 Å². The Kier molecular flexibility index (Phi) is 5.21. The highest BCUT2D eigenvalue weighted by molar-refractivity contribution is 4.91. The number of aromatic nitrogens is 3. The predicted octanol–water partition coefficient (Wildman–Crippen LogP) is 3.26. The van der Waals surface area contributed by atoms with Crippen molar-refractivity contribution in [3.63, 3.8) is 0 Å². The number of aromatic amines is 1. The largest absolute Gasteiger partial charge is 0.324 e. The van der Waals surface area contributed by atoms with E-state index in [1.807, 2.05) is 0 Å². The van der Waals surface area contributed by atoms with E-state index in [2.05, 4.69) is 22.1 Å². The van der Waals surface area contributed by atoms with Crippen LogP contribution in [0.2, 0.25) is 0 Å². The molecule has 0 aliphatic rings. The Morgan fingerprint density at radius 2 is 1.87 bits per heavy atom. The summed E-state index contributed by atoms with van der Waals surface area (Å²) in [5, 5.41) is 7.04. The van der Waals surface area contributed by atoms with Gasteiger partial charge in [-0.1, -0.05) is 32.6 Å². The number of rotatable bonds is 7. The van der Waals surface area contributed by atoms with Gasteiger partial charge in [-0.05, 0) is 6.42 Å². The molecule has 1 aromatic rings. The standard InChI is InChI=1S/C10H17F2N3/c1-2-3-4-5-6-7-8-13-10(9(11)12)15-14-8/h9H,2-7H2,1H3,(H,13,14,15). The van der Waals surface area contributed by atoms with E-state index in [0.29, 0.717) is 12.2 Å². The Morgan fingerprint density at radius 1 is 1.13 bits per heavy atom. The second kappa shape index (κ2) is 6.48. The van der Waals surface area contributed by atoms with Crippen molar-refractivity contribution < 1.29 is 8.78 Å². The molecule has 0 unspecified atom stereocenters. The van der Waals surface area contributed by atoms with Crippen molar-refractivity contribution in [3.8, 4) is 0 Å². The molecule has 0 aliphatic heterocycles. The van der Waals surface area contributed by atoms with Gasteiger partial charge in [0.2, 0.25) is 0 Å². The third-order valence-corrected chi connectivity index (χ3v) is 2.27. The van der Waals surface area contributed by atoms with Crippen molar-refractivity contribution in [2.24, 2.45) is 0 Å². The minimum absolute atomic E-state index is 0.321. The lowest BCUT2D eigenvalue weighted by molar-refractivity contribution is 0.140. The van der Waals surface area contributed by atoms with E-state index >= 15 is 0 Å². The summed E-state index contributed by atoms with van der Waals surface area (Å²) in [6.07, 6.45) is 3.91. The minimum atomic E-state index is -2.55. The van der Waals surface area contributed by atoms with E-state index in [0.717, 1.165) is 12.8 Å². The highest BCUT2D eigenvalue weighted by atomic mass is 19.3. The molecule has 0 saturated carbocycles. The molecule has 86 valence electrons. The monoisotopic (exact) mass is 217 g/mol. The average molecular weight is 217 g/mol. The maximum absolute atomic E-state index is 12.1. The number of hydrogen-bond acceptors (Lipinski definition) is 2. The van der Waals surface area contributed by atoms with Gasteiger partial charge in [0.15, 0.2) is 5.82 Å². The molecule has 5 heteroatoms. The van der Waals surface area contributed by atoms with E-state index in [9.17, 15) is 8.78 Å². The van der Waals surface area contributed by atoms with Gasteiger partial charge in [-0.3, -0.25) is 0 Å². The molecule has 15 heavy (non-hydrogen) atoms. The second-order valence-corrected chi connectivity index (χ2v) is 3.62. The zero-order chi connectivity index (χ0) is 11.1. The van der Waals surface area contributed by atoms with Crippen molar-refractivity contribution in [2.75, 3.05) is 0 Å². The fraction of sp³-hybridized carbons (Fsp3) is 0.800. The molecule has 0 aromatic carbocycles. The van der Waals surface area contributed by atoms with Gasteiger partial charge in [-0.25, -0.2) is 8.78 Å². The third kappa shape index (κ3) is 4.36. The molecular formula is C10H17F2N3. The maximum atomic E-state index is 12.1. The summed E-state index contributed by atoms with van der Waals surface area (Å²) in [6.45, 7) is 2.16. The quantitative estimate of drug-likeness (QED) is 0.712. The van der Waals surface area contributed by atoms with Crippen LogP contribution < -0.4 is 0 Å². The fourth-order valence-corrected chi connectivity index (χ4v) is 1.42. The number of aryl methyl sites for hydroxylation is 1. The Labute approximate surface area is 88.3 Å². The SMILES string of the molecule is CCCCCCCc1nnc(C(F)F)[nH]1. The van der Waals surface area contributed by atoms with Gasteiger partial charge in [-0.2, -0.15) is 0 Å². The average Bonchev–Trinajstić information content (AvgIpc) is 2.66. The molecule has 0 amide bonds. The Hall–Kier alpha value is -1.00. The van der Waals surface area contributed by atoms with Gasteiger partial charge < -0.3 is 4.98 Å². The molecule has 1 N–H and O–H groups in total. The topological polar surface area (TPSA) is 41.6 Å². The minimum Gasteiger partial charge on any atom is -0.324 e. The normalized spacial score (nSPS) is 11.2. The smallest absolute Gasteiger partial charge is 0.297 e. The number of alkyl halides is 2. The molecule has 0 fully saturated rings. The molecule has 0 atom stereocenters. The molecular weight excluding hydrogens is 200 g/mol. The number of halogens is 2. The van der Waals surface area contributed by atoms with Crippen LogP contribution in [0.15, 0.2) is 0 Å². The third-order valence-electron chi connectivity index (χ3n) is 2.27. The molecule has 1 heterocycles. The van der Waals surface area contributed by atoms with Crippen LogP contribution in [0.3, 0.4) is 0 Å². The van der Waals surface area contributed by atoms with Crippen LogP contribution in [0.25, 0.3) is 0 Å².